The first-order valence-corrected chi connectivity index (χ1v) is 10.6. The molecule has 0 bridgehead atoms. The summed E-state index contributed by atoms with van der Waals surface area (Å²) in [7, 11) is -3.76. The van der Waals surface area contributed by atoms with Crippen molar-refractivity contribution in [2.24, 2.45) is 0 Å². The molecule has 4 rings (SSSR count). The third-order valence-corrected chi connectivity index (χ3v) is 6.86. The standard InChI is InChI=1S/C19H20N4O5S/c1-2-21-12-16(19(25)22-6-5-20-13-22)18(24)15-11-14(3-4-17(15)21)29(26,27)23-7-9-28-10-8-23/h3-6,11-13H,2,7-10H2,1H3. The van der Waals surface area contributed by atoms with Crippen LogP contribution in [0.1, 0.15) is 17.3 Å². The van der Waals surface area contributed by atoms with Crippen molar-refractivity contribution in [3.8, 4) is 0 Å². The molecule has 2 aromatic heterocycles. The van der Waals surface area contributed by atoms with Crippen molar-refractivity contribution in [2.75, 3.05) is 26.3 Å². The lowest BCUT2D eigenvalue weighted by atomic mass is 10.1. The highest BCUT2D eigenvalue weighted by Gasteiger charge is 2.27. The molecule has 0 amide bonds. The quantitative estimate of drug-likeness (QED) is 0.627. The summed E-state index contributed by atoms with van der Waals surface area (Å²) >= 11 is 0. The van der Waals surface area contributed by atoms with E-state index in [0.29, 0.717) is 25.3 Å². The summed E-state index contributed by atoms with van der Waals surface area (Å²) in [4.78, 5) is 29.7. The summed E-state index contributed by atoms with van der Waals surface area (Å²) < 4.78 is 35.5. The SMILES string of the molecule is CCn1cc(C(=O)n2ccnc2)c(=O)c2cc(S(=O)(=O)N3CCOCC3)ccc21. The molecule has 1 aliphatic rings. The topological polar surface area (TPSA) is 104 Å². The molecule has 152 valence electrons. The van der Waals surface area contributed by atoms with Gasteiger partial charge in [0.2, 0.25) is 15.5 Å². The van der Waals surface area contributed by atoms with E-state index >= 15 is 0 Å². The van der Waals surface area contributed by atoms with Crippen molar-refractivity contribution in [3.63, 3.8) is 0 Å². The molecule has 29 heavy (non-hydrogen) atoms. The number of aromatic nitrogens is 3. The number of fused-ring (bicyclic) bond motifs is 1. The Bertz CT molecular complexity index is 1230. The van der Waals surface area contributed by atoms with Crippen LogP contribution in [-0.4, -0.2) is 59.1 Å². The molecule has 1 fully saturated rings. The average molecular weight is 416 g/mol. The van der Waals surface area contributed by atoms with Crippen LogP contribution >= 0.6 is 0 Å². The maximum absolute atomic E-state index is 13.1. The molecule has 0 radical (unpaired) electrons. The Kier molecular flexibility index (Phi) is 5.07. The number of morpholine rings is 1. The number of carbonyl (C=O) groups is 1. The lowest BCUT2D eigenvalue weighted by Gasteiger charge is -2.26. The van der Waals surface area contributed by atoms with Crippen molar-refractivity contribution >= 4 is 26.8 Å². The summed E-state index contributed by atoms with van der Waals surface area (Å²) in [6.07, 6.45) is 5.73. The summed E-state index contributed by atoms with van der Waals surface area (Å²) in [5.74, 6) is -0.516. The summed E-state index contributed by atoms with van der Waals surface area (Å²) in [6, 6.07) is 4.47. The number of hydrogen-bond donors (Lipinski definition) is 0. The highest BCUT2D eigenvalue weighted by molar-refractivity contribution is 7.89. The molecule has 9 nitrogen and oxygen atoms in total. The predicted molar refractivity (Wildman–Crippen MR) is 105 cm³/mol. The van der Waals surface area contributed by atoms with Crippen molar-refractivity contribution in [1.29, 1.82) is 0 Å². The van der Waals surface area contributed by atoms with Crippen molar-refractivity contribution in [3.05, 3.63) is 58.9 Å². The largest absolute Gasteiger partial charge is 0.379 e. The van der Waals surface area contributed by atoms with Gasteiger partial charge in [0, 0.05) is 43.6 Å². The highest BCUT2D eigenvalue weighted by Crippen LogP contribution is 2.22. The summed E-state index contributed by atoms with van der Waals surface area (Å²) in [5.41, 5.74) is 0.0151. The number of hydrogen-bond acceptors (Lipinski definition) is 6. The molecule has 0 spiro atoms. The van der Waals surface area contributed by atoms with Crippen molar-refractivity contribution in [2.45, 2.75) is 18.4 Å². The monoisotopic (exact) mass is 416 g/mol. The van der Waals surface area contributed by atoms with Gasteiger partial charge in [-0.2, -0.15) is 4.31 Å². The Morgan fingerprint density at radius 3 is 2.66 bits per heavy atom. The number of imidazole rings is 1. The molecular formula is C19H20N4O5S. The van der Waals surface area contributed by atoms with E-state index < -0.39 is 21.4 Å². The van der Waals surface area contributed by atoms with Gasteiger partial charge in [-0.25, -0.2) is 13.4 Å². The van der Waals surface area contributed by atoms with Crippen LogP contribution in [0, 0.1) is 0 Å². The fourth-order valence-electron chi connectivity index (χ4n) is 3.41. The Morgan fingerprint density at radius 2 is 2.00 bits per heavy atom. The first-order valence-electron chi connectivity index (χ1n) is 9.21. The minimum absolute atomic E-state index is 0.0267. The maximum atomic E-state index is 13.1. The smallest absolute Gasteiger partial charge is 0.268 e. The van der Waals surface area contributed by atoms with E-state index in [4.69, 9.17) is 4.74 Å². The van der Waals surface area contributed by atoms with Crippen LogP contribution in [0.5, 0.6) is 0 Å². The van der Waals surface area contributed by atoms with E-state index in [2.05, 4.69) is 4.98 Å². The second-order valence-electron chi connectivity index (χ2n) is 6.63. The molecule has 0 N–H and O–H groups in total. The number of aryl methyl sites for hydroxylation is 1. The van der Waals surface area contributed by atoms with Gasteiger partial charge in [-0.05, 0) is 25.1 Å². The molecule has 0 aliphatic carbocycles. The van der Waals surface area contributed by atoms with Crippen molar-refractivity contribution in [1.82, 2.24) is 18.4 Å². The first-order chi connectivity index (χ1) is 13.9. The lowest BCUT2D eigenvalue weighted by Crippen LogP contribution is -2.40. The van der Waals surface area contributed by atoms with E-state index in [1.54, 1.807) is 10.6 Å². The van der Waals surface area contributed by atoms with Crippen LogP contribution in [0.3, 0.4) is 0 Å². The molecule has 3 aromatic rings. The van der Waals surface area contributed by atoms with Crippen LogP contribution in [0.15, 0.2) is 52.8 Å². The van der Waals surface area contributed by atoms with E-state index in [1.807, 2.05) is 6.92 Å². The Morgan fingerprint density at radius 1 is 1.24 bits per heavy atom. The van der Waals surface area contributed by atoms with Gasteiger partial charge in [-0.3, -0.25) is 14.2 Å². The Balaban J connectivity index is 1.88. The minimum Gasteiger partial charge on any atom is -0.379 e. The maximum Gasteiger partial charge on any atom is 0.268 e. The fraction of sp³-hybridized carbons (Fsp3) is 0.316. The first kappa shape index (κ1) is 19.5. The minimum atomic E-state index is -3.76. The van der Waals surface area contributed by atoms with E-state index in [-0.39, 0.29) is 28.9 Å². The Hall–Kier alpha value is -2.82. The fourth-order valence-corrected chi connectivity index (χ4v) is 4.84. The highest BCUT2D eigenvalue weighted by atomic mass is 32.2. The molecule has 1 aromatic carbocycles. The van der Waals surface area contributed by atoms with Gasteiger partial charge in [0.15, 0.2) is 0 Å². The molecular weight excluding hydrogens is 396 g/mol. The van der Waals surface area contributed by atoms with Gasteiger partial charge in [-0.1, -0.05) is 0 Å². The third-order valence-electron chi connectivity index (χ3n) is 4.97. The van der Waals surface area contributed by atoms with Crippen LogP contribution in [-0.2, 0) is 21.3 Å². The Labute approximate surface area is 167 Å². The second kappa shape index (κ2) is 7.54. The number of sulfonamides is 1. The number of pyridine rings is 1. The number of rotatable bonds is 4. The number of carbonyl (C=O) groups excluding carboxylic acids is 1. The van der Waals surface area contributed by atoms with Gasteiger partial charge in [0.1, 0.15) is 11.9 Å². The van der Waals surface area contributed by atoms with Crippen LogP contribution in [0.2, 0.25) is 0 Å². The van der Waals surface area contributed by atoms with E-state index in [1.165, 1.54) is 45.9 Å². The zero-order valence-corrected chi connectivity index (χ0v) is 16.6. The van der Waals surface area contributed by atoms with Gasteiger partial charge < -0.3 is 9.30 Å². The summed E-state index contributed by atoms with van der Waals surface area (Å²) in [6.45, 7) is 3.58. The normalized spacial score (nSPS) is 15.6. The zero-order chi connectivity index (χ0) is 20.6. The molecule has 10 heteroatoms. The molecule has 0 saturated carbocycles. The molecule has 3 heterocycles. The lowest BCUT2D eigenvalue weighted by molar-refractivity contribution is 0.0730. The number of benzene rings is 1. The molecule has 0 atom stereocenters. The predicted octanol–water partition coefficient (Wildman–Crippen LogP) is 0.927. The number of ether oxygens (including phenoxy) is 1. The van der Waals surface area contributed by atoms with Gasteiger partial charge >= 0.3 is 0 Å². The van der Waals surface area contributed by atoms with Gasteiger partial charge in [0.05, 0.1) is 23.6 Å². The number of nitrogens with zero attached hydrogens (tertiary/aromatic N) is 4. The van der Waals surface area contributed by atoms with E-state index in [0.717, 1.165) is 0 Å². The van der Waals surface area contributed by atoms with Crippen LogP contribution in [0.4, 0.5) is 0 Å². The van der Waals surface area contributed by atoms with Gasteiger partial charge in [-0.15, -0.1) is 0 Å². The van der Waals surface area contributed by atoms with Crippen LogP contribution in [0.25, 0.3) is 10.9 Å². The van der Waals surface area contributed by atoms with Gasteiger partial charge in [0.25, 0.3) is 5.91 Å². The molecule has 1 aliphatic heterocycles. The molecule has 0 unspecified atom stereocenters. The zero-order valence-electron chi connectivity index (χ0n) is 15.8. The van der Waals surface area contributed by atoms with Crippen molar-refractivity contribution < 1.29 is 17.9 Å². The average Bonchev–Trinajstić information content (AvgIpc) is 3.29. The second-order valence-corrected chi connectivity index (χ2v) is 8.57. The summed E-state index contributed by atoms with van der Waals surface area (Å²) in [5, 5.41) is 0.187. The van der Waals surface area contributed by atoms with Crippen LogP contribution < -0.4 is 5.43 Å². The third kappa shape index (κ3) is 3.39. The molecule has 1 saturated heterocycles. The van der Waals surface area contributed by atoms with E-state index in [9.17, 15) is 18.0 Å².